The van der Waals surface area contributed by atoms with E-state index in [4.69, 9.17) is 4.74 Å². The minimum Gasteiger partial charge on any atom is -0.495 e. The summed E-state index contributed by atoms with van der Waals surface area (Å²) in [5.41, 5.74) is 2.02. The molecule has 3 heteroatoms. The maximum atomic E-state index is 5.16. The molecule has 0 saturated carbocycles. The molecule has 0 bridgehead atoms. The van der Waals surface area contributed by atoms with Crippen molar-refractivity contribution < 1.29 is 4.74 Å². The van der Waals surface area contributed by atoms with Crippen LogP contribution in [0.15, 0.2) is 10.7 Å². The van der Waals surface area contributed by atoms with Gasteiger partial charge >= 0.3 is 0 Å². The fourth-order valence-electron chi connectivity index (χ4n) is 0.990. The number of ether oxygens (including phenoxy) is 1. The minimum absolute atomic E-state index is 0.861. The maximum Gasteiger partial charge on any atom is 0.144 e. The average Bonchev–Trinajstić information content (AvgIpc) is 1.99. The molecule has 0 aliphatic carbocycles. The van der Waals surface area contributed by atoms with E-state index < -0.39 is 0 Å². The molecule has 0 atom stereocenters. The Morgan fingerprint density at radius 3 is 2.55 bits per heavy atom. The predicted molar refractivity (Wildman–Crippen MR) is 48.0 cm³/mol. The lowest BCUT2D eigenvalue weighted by molar-refractivity contribution is 0.405. The predicted octanol–water partition coefficient (Wildman–Crippen LogP) is 2.47. The molecular formula is C8H10BrNO. The Balaban J connectivity index is 3.29. The molecule has 60 valence electrons. The monoisotopic (exact) mass is 215 g/mol. The van der Waals surface area contributed by atoms with E-state index in [9.17, 15) is 0 Å². The molecule has 0 N–H and O–H groups in total. The van der Waals surface area contributed by atoms with Crippen LogP contribution in [0.25, 0.3) is 0 Å². The number of methoxy groups -OCH3 is 1. The van der Waals surface area contributed by atoms with Gasteiger partial charge in [0.15, 0.2) is 0 Å². The molecule has 2 nitrogen and oxygen atoms in total. The molecule has 0 radical (unpaired) electrons. The van der Waals surface area contributed by atoms with Gasteiger partial charge in [0.05, 0.1) is 12.8 Å². The summed E-state index contributed by atoms with van der Waals surface area (Å²) >= 11 is 3.38. The highest BCUT2D eigenvalue weighted by molar-refractivity contribution is 9.10. The lowest BCUT2D eigenvalue weighted by Gasteiger charge is -2.07. The third kappa shape index (κ3) is 1.53. The normalized spacial score (nSPS) is 9.82. The fraction of sp³-hybridized carbons (Fsp3) is 0.375. The highest BCUT2D eigenvalue weighted by Gasteiger charge is 2.05. The van der Waals surface area contributed by atoms with Crippen LogP contribution in [0.3, 0.4) is 0 Å². The molecule has 0 aromatic carbocycles. The second-order valence-electron chi connectivity index (χ2n) is 2.35. The molecule has 1 aromatic heterocycles. The van der Waals surface area contributed by atoms with Crippen LogP contribution in [0, 0.1) is 13.8 Å². The minimum atomic E-state index is 0.861. The van der Waals surface area contributed by atoms with Gasteiger partial charge in [0.25, 0.3) is 0 Å². The van der Waals surface area contributed by atoms with Gasteiger partial charge in [-0.2, -0.15) is 0 Å². The number of rotatable bonds is 1. The average molecular weight is 216 g/mol. The Hall–Kier alpha value is -0.570. The first-order valence-electron chi connectivity index (χ1n) is 3.32. The molecule has 0 spiro atoms. The highest BCUT2D eigenvalue weighted by atomic mass is 79.9. The summed E-state index contributed by atoms with van der Waals surface area (Å²) in [4.78, 5) is 4.14. The SMILES string of the molecule is COc1c(C)ncc(Br)c1C. The summed E-state index contributed by atoms with van der Waals surface area (Å²) in [6.07, 6.45) is 1.78. The first-order chi connectivity index (χ1) is 5.16. The van der Waals surface area contributed by atoms with E-state index in [1.54, 1.807) is 13.3 Å². The molecule has 1 aromatic rings. The number of halogens is 1. The molecule has 0 unspecified atom stereocenters. The van der Waals surface area contributed by atoms with Crippen LogP contribution in [0.5, 0.6) is 5.75 Å². The van der Waals surface area contributed by atoms with Gasteiger partial charge < -0.3 is 4.74 Å². The Morgan fingerprint density at radius 1 is 1.45 bits per heavy atom. The number of hydrogen-bond acceptors (Lipinski definition) is 2. The van der Waals surface area contributed by atoms with Crippen LogP contribution in [0.4, 0.5) is 0 Å². The van der Waals surface area contributed by atoms with Crippen molar-refractivity contribution in [2.45, 2.75) is 13.8 Å². The zero-order chi connectivity index (χ0) is 8.43. The topological polar surface area (TPSA) is 22.1 Å². The number of aryl methyl sites for hydroxylation is 1. The zero-order valence-corrected chi connectivity index (χ0v) is 8.40. The molecule has 0 saturated heterocycles. The third-order valence-corrected chi connectivity index (χ3v) is 2.40. The van der Waals surface area contributed by atoms with Crippen LogP contribution in [0.2, 0.25) is 0 Å². The van der Waals surface area contributed by atoms with Gasteiger partial charge in [0.2, 0.25) is 0 Å². The van der Waals surface area contributed by atoms with Gasteiger partial charge in [0, 0.05) is 16.2 Å². The van der Waals surface area contributed by atoms with Gasteiger partial charge in [0.1, 0.15) is 5.75 Å². The van der Waals surface area contributed by atoms with E-state index in [0.29, 0.717) is 0 Å². The quantitative estimate of drug-likeness (QED) is 0.719. The van der Waals surface area contributed by atoms with Crippen LogP contribution < -0.4 is 4.74 Å². The standard InChI is InChI=1S/C8H10BrNO/c1-5-7(9)4-10-6(2)8(5)11-3/h4H,1-3H3. The van der Waals surface area contributed by atoms with Crippen LogP contribution in [-0.2, 0) is 0 Å². The molecule has 1 rings (SSSR count). The summed E-state index contributed by atoms with van der Waals surface area (Å²) in [6.45, 7) is 3.93. The van der Waals surface area contributed by atoms with E-state index in [0.717, 1.165) is 21.5 Å². The van der Waals surface area contributed by atoms with Crippen molar-refractivity contribution >= 4 is 15.9 Å². The van der Waals surface area contributed by atoms with Crippen molar-refractivity contribution in [1.82, 2.24) is 4.98 Å². The summed E-state index contributed by atoms with van der Waals surface area (Å²) < 4.78 is 6.15. The fourth-order valence-corrected chi connectivity index (χ4v) is 1.27. The van der Waals surface area contributed by atoms with Crippen molar-refractivity contribution in [3.8, 4) is 5.75 Å². The van der Waals surface area contributed by atoms with Gasteiger partial charge in [-0.15, -0.1) is 0 Å². The molecule has 0 amide bonds. The summed E-state index contributed by atoms with van der Waals surface area (Å²) in [5.74, 6) is 0.861. The van der Waals surface area contributed by atoms with Crippen LogP contribution in [-0.4, -0.2) is 12.1 Å². The van der Waals surface area contributed by atoms with E-state index >= 15 is 0 Å². The number of pyridine rings is 1. The number of nitrogens with zero attached hydrogens (tertiary/aromatic N) is 1. The van der Waals surface area contributed by atoms with E-state index in [1.165, 1.54) is 0 Å². The Kier molecular flexibility index (Phi) is 2.49. The molecule has 0 aliphatic rings. The van der Waals surface area contributed by atoms with Crippen molar-refractivity contribution in [2.24, 2.45) is 0 Å². The second kappa shape index (κ2) is 3.22. The Morgan fingerprint density at radius 2 is 2.09 bits per heavy atom. The lowest BCUT2D eigenvalue weighted by Crippen LogP contribution is -1.93. The number of aromatic nitrogens is 1. The summed E-state index contributed by atoms with van der Waals surface area (Å²) in [5, 5.41) is 0. The van der Waals surface area contributed by atoms with E-state index in [1.807, 2.05) is 13.8 Å². The Bertz CT molecular complexity index is 273. The first kappa shape index (κ1) is 8.53. The van der Waals surface area contributed by atoms with Gasteiger partial charge in [-0.25, -0.2) is 0 Å². The van der Waals surface area contributed by atoms with E-state index in [2.05, 4.69) is 20.9 Å². The molecular weight excluding hydrogens is 206 g/mol. The highest BCUT2D eigenvalue weighted by Crippen LogP contribution is 2.26. The lowest BCUT2D eigenvalue weighted by atomic mass is 10.2. The maximum absolute atomic E-state index is 5.16. The Labute approximate surface area is 74.7 Å². The smallest absolute Gasteiger partial charge is 0.144 e. The van der Waals surface area contributed by atoms with Gasteiger partial charge in [-0.05, 0) is 29.8 Å². The molecule has 0 fully saturated rings. The van der Waals surface area contributed by atoms with Crippen molar-refractivity contribution in [2.75, 3.05) is 7.11 Å². The van der Waals surface area contributed by atoms with E-state index in [-0.39, 0.29) is 0 Å². The van der Waals surface area contributed by atoms with Gasteiger partial charge in [-0.1, -0.05) is 0 Å². The van der Waals surface area contributed by atoms with Gasteiger partial charge in [-0.3, -0.25) is 4.98 Å². The van der Waals surface area contributed by atoms with Crippen molar-refractivity contribution in [3.63, 3.8) is 0 Å². The second-order valence-corrected chi connectivity index (χ2v) is 3.20. The molecule has 0 aliphatic heterocycles. The first-order valence-corrected chi connectivity index (χ1v) is 4.11. The summed E-state index contributed by atoms with van der Waals surface area (Å²) in [7, 11) is 1.66. The molecule has 11 heavy (non-hydrogen) atoms. The third-order valence-electron chi connectivity index (χ3n) is 1.60. The van der Waals surface area contributed by atoms with Crippen LogP contribution >= 0.6 is 15.9 Å². The summed E-state index contributed by atoms with van der Waals surface area (Å²) in [6, 6.07) is 0. The van der Waals surface area contributed by atoms with Crippen molar-refractivity contribution in [3.05, 3.63) is 21.9 Å². The van der Waals surface area contributed by atoms with Crippen LogP contribution in [0.1, 0.15) is 11.3 Å². The zero-order valence-electron chi connectivity index (χ0n) is 6.81. The van der Waals surface area contributed by atoms with Crippen molar-refractivity contribution in [1.29, 1.82) is 0 Å². The largest absolute Gasteiger partial charge is 0.495 e. The molecule has 1 heterocycles. The number of hydrogen-bond donors (Lipinski definition) is 0.